The van der Waals surface area contributed by atoms with Gasteiger partial charge in [0, 0.05) is 41.6 Å². The van der Waals surface area contributed by atoms with E-state index in [4.69, 9.17) is 4.74 Å². The maximum absolute atomic E-state index is 14.3. The molecule has 4 aromatic heterocycles. The van der Waals surface area contributed by atoms with Gasteiger partial charge in [-0.1, -0.05) is 36.4 Å². The second-order valence-electron chi connectivity index (χ2n) is 9.09. The van der Waals surface area contributed by atoms with Crippen LogP contribution in [0.5, 0.6) is 6.01 Å². The lowest BCUT2D eigenvalue weighted by atomic mass is 9.99. The number of hydrogen-bond donors (Lipinski definition) is 2. The van der Waals surface area contributed by atoms with E-state index in [1.165, 1.54) is 13.2 Å². The van der Waals surface area contributed by atoms with Crippen molar-refractivity contribution in [1.82, 2.24) is 24.5 Å². The molecule has 0 saturated carbocycles. The molecule has 2 N–H and O–H groups in total. The third-order valence-corrected chi connectivity index (χ3v) is 6.62. The van der Waals surface area contributed by atoms with E-state index in [9.17, 15) is 9.59 Å². The summed E-state index contributed by atoms with van der Waals surface area (Å²) in [5.41, 5.74) is 4.32. The van der Waals surface area contributed by atoms with E-state index in [1.54, 1.807) is 35.3 Å². The average Bonchev–Trinajstić information content (AvgIpc) is 2.97. The first-order valence-corrected chi connectivity index (χ1v) is 12.4. The molecule has 0 bridgehead atoms. The van der Waals surface area contributed by atoms with E-state index in [2.05, 4.69) is 25.3 Å². The van der Waals surface area contributed by atoms with Gasteiger partial charge in [-0.2, -0.15) is 0 Å². The Kier molecular flexibility index (Phi) is 6.08. The van der Waals surface area contributed by atoms with Crippen LogP contribution in [0.1, 0.15) is 18.7 Å². The van der Waals surface area contributed by atoms with Crippen LogP contribution in [0.3, 0.4) is 0 Å². The zero-order valence-corrected chi connectivity index (χ0v) is 21.3. The Labute approximate surface area is 222 Å². The number of benzene rings is 2. The Morgan fingerprint density at radius 3 is 2.49 bits per heavy atom. The number of aromatic nitrogens is 5. The lowest BCUT2D eigenvalue weighted by molar-refractivity contribution is 0.380. The van der Waals surface area contributed by atoms with Gasteiger partial charge in [0.1, 0.15) is 5.52 Å². The predicted octanol–water partition coefficient (Wildman–Crippen LogP) is 4.87. The normalized spacial score (nSPS) is 11.9. The van der Waals surface area contributed by atoms with Crippen molar-refractivity contribution >= 4 is 27.5 Å². The van der Waals surface area contributed by atoms with Gasteiger partial charge in [0.15, 0.2) is 0 Å². The highest BCUT2D eigenvalue weighted by Crippen LogP contribution is 2.30. The first kappa shape index (κ1) is 24.1. The van der Waals surface area contributed by atoms with Crippen molar-refractivity contribution in [2.75, 3.05) is 12.4 Å². The molecule has 1 atom stereocenters. The number of methoxy groups -OCH3 is 1. The summed E-state index contributed by atoms with van der Waals surface area (Å²) < 4.78 is 6.80. The highest BCUT2D eigenvalue weighted by atomic mass is 16.5. The topological polar surface area (TPSA) is 115 Å². The fraction of sp³-hybridized carbons (Fsp3) is 0.100. The second kappa shape index (κ2) is 9.86. The minimum absolute atomic E-state index is 0.178. The van der Waals surface area contributed by atoms with Crippen LogP contribution in [-0.4, -0.2) is 31.6 Å². The van der Waals surface area contributed by atoms with Gasteiger partial charge in [-0.15, -0.1) is 0 Å². The molecule has 4 heterocycles. The van der Waals surface area contributed by atoms with Gasteiger partial charge in [0.05, 0.1) is 29.7 Å². The predicted molar refractivity (Wildman–Crippen MR) is 152 cm³/mol. The van der Waals surface area contributed by atoms with Gasteiger partial charge < -0.3 is 15.0 Å². The van der Waals surface area contributed by atoms with Gasteiger partial charge >= 0.3 is 6.01 Å². The Morgan fingerprint density at radius 2 is 1.72 bits per heavy atom. The summed E-state index contributed by atoms with van der Waals surface area (Å²) in [5.74, 6) is 0. The summed E-state index contributed by atoms with van der Waals surface area (Å²) in [4.78, 5) is 42.4. The Bertz CT molecular complexity index is 1930. The molecule has 1 unspecified atom stereocenters. The number of ether oxygens (including phenoxy) is 1. The summed E-state index contributed by atoms with van der Waals surface area (Å²) in [7, 11) is 1.51. The molecule has 0 aliphatic heterocycles. The van der Waals surface area contributed by atoms with E-state index in [0.29, 0.717) is 27.7 Å². The largest absolute Gasteiger partial charge is 0.467 e. The molecule has 0 saturated heterocycles. The number of rotatable bonds is 6. The molecule has 2 aromatic carbocycles. The maximum atomic E-state index is 14.3. The van der Waals surface area contributed by atoms with Gasteiger partial charge in [-0.05, 0) is 48.2 Å². The number of hydrogen-bond acceptors (Lipinski definition) is 7. The molecule has 0 spiro atoms. The minimum atomic E-state index is -0.359. The van der Waals surface area contributed by atoms with Crippen LogP contribution in [0.15, 0.2) is 101 Å². The minimum Gasteiger partial charge on any atom is -0.467 e. The van der Waals surface area contributed by atoms with Crippen LogP contribution in [0.25, 0.3) is 38.6 Å². The molecule has 9 nitrogen and oxygen atoms in total. The van der Waals surface area contributed by atoms with Crippen molar-refractivity contribution < 1.29 is 4.74 Å². The molecule has 9 heteroatoms. The first-order chi connectivity index (χ1) is 19.0. The molecule has 6 rings (SSSR count). The molecule has 39 heavy (non-hydrogen) atoms. The number of pyridine rings is 3. The van der Waals surface area contributed by atoms with Gasteiger partial charge in [-0.3, -0.25) is 19.1 Å². The van der Waals surface area contributed by atoms with Gasteiger partial charge in [0.25, 0.3) is 11.1 Å². The number of anilines is 1. The molecule has 0 radical (unpaired) electrons. The van der Waals surface area contributed by atoms with Crippen molar-refractivity contribution in [2.45, 2.75) is 13.0 Å². The molecule has 6 aromatic rings. The third kappa shape index (κ3) is 4.40. The lowest BCUT2D eigenvalue weighted by Crippen LogP contribution is -2.26. The maximum Gasteiger partial charge on any atom is 0.316 e. The molecule has 0 aliphatic rings. The molecule has 0 aliphatic carbocycles. The fourth-order valence-corrected chi connectivity index (χ4v) is 4.85. The summed E-state index contributed by atoms with van der Waals surface area (Å²) in [6.07, 6.45) is 4.98. The number of nitrogens with one attached hydrogen (secondary N) is 2. The van der Waals surface area contributed by atoms with E-state index in [-0.39, 0.29) is 23.2 Å². The van der Waals surface area contributed by atoms with Crippen molar-refractivity contribution in [1.29, 1.82) is 0 Å². The van der Waals surface area contributed by atoms with Crippen LogP contribution >= 0.6 is 0 Å². The third-order valence-electron chi connectivity index (χ3n) is 6.62. The van der Waals surface area contributed by atoms with Crippen LogP contribution < -0.4 is 21.2 Å². The quantitative estimate of drug-likeness (QED) is 0.325. The molecule has 0 amide bonds. The standard InChI is InChI=1S/C30H24N6O3/c1-18(34-24-15-26(37)35-23-12-7-13-31-28(23)24)25-14-19-8-6-11-22(20-16-32-30(39-2)33-17-20)27(19)29(38)36(25)21-9-4-3-5-10-21/h3-18H,1-2H3,(H2,34,35,37). The lowest BCUT2D eigenvalue weighted by Gasteiger charge is -2.22. The fourth-order valence-electron chi connectivity index (χ4n) is 4.85. The Morgan fingerprint density at radius 1 is 0.923 bits per heavy atom. The number of nitrogens with zero attached hydrogens (tertiary/aromatic N) is 4. The van der Waals surface area contributed by atoms with Crippen LogP contribution in [0, 0.1) is 0 Å². The van der Waals surface area contributed by atoms with Gasteiger partial charge in [-0.25, -0.2) is 9.97 Å². The van der Waals surface area contributed by atoms with Crippen molar-refractivity contribution in [2.24, 2.45) is 0 Å². The van der Waals surface area contributed by atoms with Crippen LogP contribution in [0.4, 0.5) is 5.69 Å². The van der Waals surface area contributed by atoms with Crippen molar-refractivity contribution in [3.63, 3.8) is 0 Å². The number of aromatic amines is 1. The van der Waals surface area contributed by atoms with Crippen LogP contribution in [-0.2, 0) is 0 Å². The van der Waals surface area contributed by atoms with Crippen molar-refractivity contribution in [3.8, 4) is 22.8 Å². The second-order valence-corrected chi connectivity index (χ2v) is 9.09. The zero-order chi connectivity index (χ0) is 26.9. The summed E-state index contributed by atoms with van der Waals surface area (Å²) in [6.45, 7) is 1.96. The highest BCUT2D eigenvalue weighted by Gasteiger charge is 2.20. The smallest absolute Gasteiger partial charge is 0.316 e. The number of fused-ring (bicyclic) bond motifs is 2. The first-order valence-electron chi connectivity index (χ1n) is 12.4. The van der Waals surface area contributed by atoms with Crippen molar-refractivity contribution in [3.05, 3.63) is 118 Å². The molecule has 192 valence electrons. The molecular formula is C30H24N6O3. The van der Waals surface area contributed by atoms with E-state index >= 15 is 0 Å². The Hall–Kier alpha value is -5.31. The summed E-state index contributed by atoms with van der Waals surface area (Å²) in [6, 6.07) is 22.2. The van der Waals surface area contributed by atoms with E-state index < -0.39 is 0 Å². The SMILES string of the molecule is COc1ncc(-c2cccc3cc(C(C)Nc4cc(=O)[nH]c5cccnc45)n(-c4ccccc4)c(=O)c23)cn1. The average molecular weight is 517 g/mol. The number of para-hydroxylation sites is 1. The van der Waals surface area contributed by atoms with Gasteiger partial charge in [0.2, 0.25) is 0 Å². The molecule has 0 fully saturated rings. The monoisotopic (exact) mass is 516 g/mol. The zero-order valence-electron chi connectivity index (χ0n) is 21.3. The summed E-state index contributed by atoms with van der Waals surface area (Å²) in [5, 5.41) is 4.75. The molecular weight excluding hydrogens is 492 g/mol. The summed E-state index contributed by atoms with van der Waals surface area (Å²) >= 11 is 0. The Balaban J connectivity index is 1.56. The van der Waals surface area contributed by atoms with Crippen LogP contribution in [0.2, 0.25) is 0 Å². The highest BCUT2D eigenvalue weighted by molar-refractivity contribution is 5.96. The number of H-pyrrole nitrogens is 1. The van der Waals surface area contributed by atoms with E-state index in [0.717, 1.165) is 22.3 Å². The van der Waals surface area contributed by atoms with E-state index in [1.807, 2.05) is 61.5 Å².